The smallest absolute Gasteiger partial charge is 0.139 e. The molecule has 21 heavy (non-hydrogen) atoms. The Balaban J connectivity index is 2.03. The molecule has 0 fully saturated rings. The molecule has 1 aromatic carbocycles. The van der Waals surface area contributed by atoms with Gasteiger partial charge in [-0.2, -0.15) is 0 Å². The molecule has 0 unspecified atom stereocenters. The fourth-order valence-electron chi connectivity index (χ4n) is 1.59. The number of nitrogens with zero attached hydrogens (tertiary/aromatic N) is 1. The highest BCUT2D eigenvalue weighted by Gasteiger charge is 2.03. The Hall–Kier alpha value is -1.73. The average Bonchev–Trinajstić information content (AvgIpc) is 2.47. The number of halogens is 2. The molecule has 2 rings (SSSR count). The van der Waals surface area contributed by atoms with E-state index in [9.17, 15) is 0 Å². The predicted octanol–water partition coefficient (Wildman–Crippen LogP) is 3.70. The molecule has 0 spiro atoms. The van der Waals surface area contributed by atoms with Crippen molar-refractivity contribution in [1.82, 2.24) is 4.98 Å². The van der Waals surface area contributed by atoms with Gasteiger partial charge in [0.2, 0.25) is 0 Å². The molecule has 108 valence electrons. The molecule has 2 aromatic rings. The van der Waals surface area contributed by atoms with Gasteiger partial charge in [-0.05, 0) is 18.2 Å². The molecular weight excluding hydrogens is 309 g/mol. The zero-order valence-corrected chi connectivity index (χ0v) is 12.7. The van der Waals surface area contributed by atoms with Crippen molar-refractivity contribution in [2.45, 2.75) is 13.0 Å². The third-order valence-electron chi connectivity index (χ3n) is 2.59. The highest BCUT2D eigenvalue weighted by atomic mass is 35.5. The van der Waals surface area contributed by atoms with Gasteiger partial charge in [-0.1, -0.05) is 41.1 Å². The first-order chi connectivity index (χ1) is 10.2. The van der Waals surface area contributed by atoms with Gasteiger partial charge in [-0.25, -0.2) is 0 Å². The van der Waals surface area contributed by atoms with Gasteiger partial charge in [-0.3, -0.25) is 4.98 Å². The third kappa shape index (κ3) is 4.95. The number of ether oxygens (including phenoxy) is 1. The molecule has 0 aliphatic heterocycles. The van der Waals surface area contributed by atoms with Crippen LogP contribution in [0.3, 0.4) is 0 Å². The van der Waals surface area contributed by atoms with Crippen molar-refractivity contribution in [2.24, 2.45) is 0 Å². The minimum Gasteiger partial charge on any atom is -0.487 e. The molecule has 0 saturated carbocycles. The lowest BCUT2D eigenvalue weighted by atomic mass is 10.2. The van der Waals surface area contributed by atoms with Crippen molar-refractivity contribution < 1.29 is 9.84 Å². The number of aliphatic hydroxyl groups is 1. The van der Waals surface area contributed by atoms with Crippen LogP contribution in [0.4, 0.5) is 0 Å². The maximum atomic E-state index is 8.69. The first-order valence-electron chi connectivity index (χ1n) is 6.30. The Labute approximate surface area is 133 Å². The summed E-state index contributed by atoms with van der Waals surface area (Å²) in [5, 5.41) is 9.84. The first-order valence-corrected chi connectivity index (χ1v) is 7.06. The van der Waals surface area contributed by atoms with E-state index in [1.807, 2.05) is 6.07 Å². The van der Waals surface area contributed by atoms with Crippen molar-refractivity contribution in [3.05, 3.63) is 57.8 Å². The highest BCUT2D eigenvalue weighted by molar-refractivity contribution is 6.35. The minimum absolute atomic E-state index is 0.0473. The first kappa shape index (κ1) is 15.7. The van der Waals surface area contributed by atoms with Crippen LogP contribution < -0.4 is 4.74 Å². The largest absolute Gasteiger partial charge is 0.487 e. The van der Waals surface area contributed by atoms with Crippen LogP contribution in [0.25, 0.3) is 0 Å². The van der Waals surface area contributed by atoms with Gasteiger partial charge in [0.1, 0.15) is 12.4 Å². The minimum atomic E-state index is 0.0473. The van der Waals surface area contributed by atoms with Crippen LogP contribution in [-0.2, 0) is 6.61 Å². The molecular formula is C16H13Cl2NO2. The number of benzene rings is 1. The monoisotopic (exact) mass is 321 g/mol. The molecule has 5 heteroatoms. The van der Waals surface area contributed by atoms with Crippen LogP contribution in [0.5, 0.6) is 5.75 Å². The topological polar surface area (TPSA) is 42.4 Å². The van der Waals surface area contributed by atoms with E-state index in [0.29, 0.717) is 28.8 Å². The number of hydrogen-bond acceptors (Lipinski definition) is 3. The summed E-state index contributed by atoms with van der Waals surface area (Å²) >= 11 is 11.9. The normalized spacial score (nSPS) is 9.86. The van der Waals surface area contributed by atoms with Crippen molar-refractivity contribution in [1.29, 1.82) is 0 Å². The Morgan fingerprint density at radius 1 is 1.19 bits per heavy atom. The van der Waals surface area contributed by atoms with E-state index < -0.39 is 0 Å². The lowest BCUT2D eigenvalue weighted by Gasteiger charge is -2.08. The predicted molar refractivity (Wildman–Crippen MR) is 83.6 cm³/mol. The van der Waals surface area contributed by atoms with Gasteiger partial charge >= 0.3 is 0 Å². The second-order valence-corrected chi connectivity index (χ2v) is 5.05. The molecule has 0 atom stereocenters. The molecule has 1 N–H and O–H groups in total. The van der Waals surface area contributed by atoms with Crippen molar-refractivity contribution in [3.8, 4) is 17.6 Å². The second-order valence-electron chi connectivity index (χ2n) is 4.21. The van der Waals surface area contributed by atoms with Crippen molar-refractivity contribution in [2.75, 3.05) is 6.61 Å². The summed E-state index contributed by atoms with van der Waals surface area (Å²) in [6, 6.07) is 7.06. The van der Waals surface area contributed by atoms with Gasteiger partial charge in [0, 0.05) is 33.8 Å². The number of pyridine rings is 1. The quantitative estimate of drug-likeness (QED) is 0.873. The molecule has 0 saturated heterocycles. The van der Waals surface area contributed by atoms with Gasteiger partial charge in [0.15, 0.2) is 0 Å². The standard InChI is InChI=1S/C16H13Cl2NO2/c17-14-5-4-13(16(18)8-14)11-21-15-7-12(9-19-10-15)3-1-2-6-20/h4-5,7-10,20H,2,6,11H2. The van der Waals surface area contributed by atoms with Crippen molar-refractivity contribution >= 4 is 23.2 Å². The maximum absolute atomic E-state index is 8.69. The molecule has 0 aliphatic carbocycles. The van der Waals surface area contributed by atoms with Gasteiger partial charge < -0.3 is 9.84 Å². The number of rotatable bonds is 4. The van der Waals surface area contributed by atoms with Crippen LogP contribution in [0.2, 0.25) is 10.0 Å². The van der Waals surface area contributed by atoms with E-state index in [-0.39, 0.29) is 6.61 Å². The van der Waals surface area contributed by atoms with Gasteiger partial charge in [-0.15, -0.1) is 0 Å². The van der Waals surface area contributed by atoms with Crippen LogP contribution in [-0.4, -0.2) is 16.7 Å². The Kier molecular flexibility index (Phi) is 5.89. The summed E-state index contributed by atoms with van der Waals surface area (Å²) in [7, 11) is 0. The Bertz CT molecular complexity index is 677. The Morgan fingerprint density at radius 2 is 2.05 bits per heavy atom. The highest BCUT2D eigenvalue weighted by Crippen LogP contribution is 2.22. The van der Waals surface area contributed by atoms with E-state index >= 15 is 0 Å². The summed E-state index contributed by atoms with van der Waals surface area (Å²) in [6.07, 6.45) is 3.69. The van der Waals surface area contributed by atoms with E-state index in [1.54, 1.807) is 30.6 Å². The Morgan fingerprint density at radius 3 is 2.81 bits per heavy atom. The molecule has 0 amide bonds. The summed E-state index contributed by atoms with van der Waals surface area (Å²) < 4.78 is 5.65. The third-order valence-corrected chi connectivity index (χ3v) is 3.18. The fraction of sp³-hybridized carbons (Fsp3) is 0.188. The van der Waals surface area contributed by atoms with E-state index in [4.69, 9.17) is 33.0 Å². The molecule has 1 heterocycles. The molecule has 0 aliphatic rings. The number of aromatic nitrogens is 1. The summed E-state index contributed by atoms with van der Waals surface area (Å²) in [6.45, 7) is 0.372. The van der Waals surface area contributed by atoms with Gasteiger partial charge in [0.25, 0.3) is 0 Å². The zero-order chi connectivity index (χ0) is 15.1. The SMILES string of the molecule is OCCC#Cc1cncc(OCc2ccc(Cl)cc2Cl)c1. The second kappa shape index (κ2) is 7.90. The van der Waals surface area contributed by atoms with E-state index in [0.717, 1.165) is 11.1 Å². The zero-order valence-electron chi connectivity index (χ0n) is 11.1. The average molecular weight is 322 g/mol. The number of hydrogen-bond donors (Lipinski definition) is 1. The van der Waals surface area contributed by atoms with Crippen LogP contribution in [0.1, 0.15) is 17.5 Å². The maximum Gasteiger partial charge on any atom is 0.139 e. The molecule has 3 nitrogen and oxygen atoms in total. The van der Waals surface area contributed by atoms with E-state index in [2.05, 4.69) is 16.8 Å². The lowest BCUT2D eigenvalue weighted by Crippen LogP contribution is -1.97. The summed E-state index contributed by atoms with van der Waals surface area (Å²) in [4.78, 5) is 4.07. The van der Waals surface area contributed by atoms with Crippen molar-refractivity contribution in [3.63, 3.8) is 0 Å². The fourth-order valence-corrected chi connectivity index (χ4v) is 2.05. The van der Waals surface area contributed by atoms with Crippen LogP contribution in [0.15, 0.2) is 36.7 Å². The lowest BCUT2D eigenvalue weighted by molar-refractivity contribution is 0.305. The molecule has 0 radical (unpaired) electrons. The van der Waals surface area contributed by atoms with Gasteiger partial charge in [0.05, 0.1) is 12.8 Å². The summed E-state index contributed by atoms with van der Waals surface area (Å²) in [5.41, 5.74) is 1.58. The molecule has 1 aromatic heterocycles. The summed E-state index contributed by atoms with van der Waals surface area (Å²) in [5.74, 6) is 6.35. The number of aliphatic hydroxyl groups excluding tert-OH is 1. The van der Waals surface area contributed by atoms with E-state index in [1.165, 1.54) is 0 Å². The molecule has 0 bridgehead atoms. The van der Waals surface area contributed by atoms with Crippen LogP contribution in [0, 0.1) is 11.8 Å². The van der Waals surface area contributed by atoms with Crippen LogP contribution >= 0.6 is 23.2 Å².